The van der Waals surface area contributed by atoms with Crippen molar-refractivity contribution in [1.29, 1.82) is 0 Å². The molecule has 1 aromatic carbocycles. The fourth-order valence-electron chi connectivity index (χ4n) is 2.49. The molecular weight excluding hydrogens is 352 g/mol. The van der Waals surface area contributed by atoms with E-state index in [0.29, 0.717) is 6.61 Å². The molecule has 2 rings (SSSR count). The van der Waals surface area contributed by atoms with E-state index in [9.17, 15) is 9.59 Å². The number of rotatable bonds is 7. The molecule has 0 spiro atoms. The third-order valence-electron chi connectivity index (χ3n) is 3.55. The van der Waals surface area contributed by atoms with E-state index < -0.39 is 11.6 Å². The molecule has 0 bridgehead atoms. The van der Waals surface area contributed by atoms with E-state index in [4.69, 9.17) is 4.74 Å². The maximum Gasteiger partial charge on any atom is 0.276 e. The molecule has 1 aromatic heterocycles. The summed E-state index contributed by atoms with van der Waals surface area (Å²) in [6, 6.07) is 8.43. The van der Waals surface area contributed by atoms with Crippen molar-refractivity contribution in [3.8, 4) is 0 Å². The summed E-state index contributed by atoms with van der Waals surface area (Å²) in [4.78, 5) is 27.5. The first-order valence-electron chi connectivity index (χ1n) is 8.27. The minimum atomic E-state index is -0.792. The average molecular weight is 376 g/mol. The second kappa shape index (κ2) is 8.86. The summed E-state index contributed by atoms with van der Waals surface area (Å²) in [5.41, 5.74) is 0.514. The minimum Gasteiger partial charge on any atom is -0.383 e. The third kappa shape index (κ3) is 5.34. The van der Waals surface area contributed by atoms with E-state index in [1.807, 2.05) is 51.1 Å². The molecule has 1 atom stereocenters. The predicted octanol–water partition coefficient (Wildman–Crippen LogP) is 2.28. The Morgan fingerprint density at radius 3 is 2.50 bits per heavy atom. The van der Waals surface area contributed by atoms with Crippen molar-refractivity contribution in [3.05, 3.63) is 47.0 Å². The molecule has 2 aromatic rings. The largest absolute Gasteiger partial charge is 0.383 e. The van der Waals surface area contributed by atoms with Gasteiger partial charge in [-0.15, -0.1) is 5.10 Å². The monoisotopic (exact) mass is 376 g/mol. The van der Waals surface area contributed by atoms with Gasteiger partial charge in [-0.05, 0) is 37.9 Å². The van der Waals surface area contributed by atoms with E-state index in [2.05, 4.69) is 14.9 Å². The van der Waals surface area contributed by atoms with E-state index in [1.54, 1.807) is 12.5 Å². The molecule has 2 amide bonds. The molecule has 7 nitrogen and oxygen atoms in total. The highest BCUT2D eigenvalue weighted by molar-refractivity contribution is 7.03. The summed E-state index contributed by atoms with van der Waals surface area (Å²) in [5, 5.41) is 8.40. The lowest BCUT2D eigenvalue weighted by Gasteiger charge is -2.33. The molecule has 0 aliphatic carbocycles. The van der Waals surface area contributed by atoms with Gasteiger partial charge in [0.1, 0.15) is 6.04 Å². The Kier molecular flexibility index (Phi) is 6.82. The first-order chi connectivity index (χ1) is 12.3. The van der Waals surface area contributed by atoms with Gasteiger partial charge in [-0.1, -0.05) is 34.8 Å². The first-order valence-corrected chi connectivity index (χ1v) is 9.11. The molecule has 0 aliphatic heterocycles. The Hall–Kier alpha value is -2.32. The Balaban J connectivity index is 2.43. The van der Waals surface area contributed by atoms with Gasteiger partial charge in [0.2, 0.25) is 5.91 Å². The highest BCUT2D eigenvalue weighted by atomic mass is 32.1. The molecule has 0 radical (unpaired) electrons. The normalized spacial score (nSPS) is 12.5. The van der Waals surface area contributed by atoms with Gasteiger partial charge in [0, 0.05) is 24.6 Å². The van der Waals surface area contributed by atoms with Crippen LogP contribution in [0, 0.1) is 0 Å². The van der Waals surface area contributed by atoms with Crippen LogP contribution >= 0.6 is 11.5 Å². The van der Waals surface area contributed by atoms with Crippen LogP contribution in [-0.4, -0.2) is 52.1 Å². The smallest absolute Gasteiger partial charge is 0.276 e. The number of hydrogen-bond donors (Lipinski definition) is 1. The Labute approximate surface area is 157 Å². The highest BCUT2D eigenvalue weighted by Gasteiger charge is 2.34. The lowest BCUT2D eigenvalue weighted by atomic mass is 10.0. The van der Waals surface area contributed by atoms with Gasteiger partial charge < -0.3 is 15.0 Å². The van der Waals surface area contributed by atoms with Crippen molar-refractivity contribution in [3.63, 3.8) is 0 Å². The van der Waals surface area contributed by atoms with Gasteiger partial charge in [-0.3, -0.25) is 9.59 Å². The summed E-state index contributed by atoms with van der Waals surface area (Å²) in [7, 11) is 1.56. The zero-order chi connectivity index (χ0) is 19.2. The van der Waals surface area contributed by atoms with E-state index >= 15 is 0 Å². The van der Waals surface area contributed by atoms with Crippen LogP contribution in [-0.2, 0) is 9.53 Å². The maximum atomic E-state index is 13.1. The topological polar surface area (TPSA) is 84.4 Å². The van der Waals surface area contributed by atoms with Gasteiger partial charge >= 0.3 is 0 Å². The van der Waals surface area contributed by atoms with Crippen LogP contribution in [0.5, 0.6) is 0 Å². The fourth-order valence-corrected chi connectivity index (χ4v) is 2.92. The number of ether oxygens (including phenoxy) is 1. The number of carbonyl (C=O) groups excluding carboxylic acids is 2. The summed E-state index contributed by atoms with van der Waals surface area (Å²) in [6.07, 6.45) is 0. The molecule has 0 fully saturated rings. The van der Waals surface area contributed by atoms with Crippen LogP contribution < -0.4 is 5.32 Å². The number of aromatic nitrogens is 2. The van der Waals surface area contributed by atoms with Gasteiger partial charge in [0.25, 0.3) is 5.91 Å². The zero-order valence-corrected chi connectivity index (χ0v) is 16.2. The van der Waals surface area contributed by atoms with Gasteiger partial charge in [-0.2, -0.15) is 0 Å². The SMILES string of the molecule is COCCN(C(=O)c1csnn1)[C@H](C(=O)NC(C)(C)C)c1ccccc1. The molecule has 0 unspecified atom stereocenters. The lowest BCUT2D eigenvalue weighted by molar-refractivity contribution is -0.127. The zero-order valence-electron chi connectivity index (χ0n) is 15.4. The molecule has 8 heteroatoms. The number of carbonyl (C=O) groups is 2. The molecule has 26 heavy (non-hydrogen) atoms. The molecule has 0 saturated carbocycles. The Morgan fingerprint density at radius 2 is 1.96 bits per heavy atom. The van der Waals surface area contributed by atoms with Crippen LogP contribution in [0.25, 0.3) is 0 Å². The maximum absolute atomic E-state index is 13.1. The number of amides is 2. The molecular formula is C18H24N4O3S. The second-order valence-corrected chi connectivity index (χ2v) is 7.44. The Bertz CT molecular complexity index is 714. The van der Waals surface area contributed by atoms with Crippen LogP contribution in [0.3, 0.4) is 0 Å². The first kappa shape index (κ1) is 20.0. The number of methoxy groups -OCH3 is 1. The van der Waals surface area contributed by atoms with Crippen molar-refractivity contribution < 1.29 is 14.3 Å². The molecule has 1 heterocycles. The molecule has 0 aliphatic rings. The second-order valence-electron chi connectivity index (χ2n) is 6.83. The molecule has 140 valence electrons. The number of benzene rings is 1. The summed E-state index contributed by atoms with van der Waals surface area (Å²) in [6.45, 7) is 6.26. The highest BCUT2D eigenvalue weighted by Crippen LogP contribution is 2.24. The summed E-state index contributed by atoms with van der Waals surface area (Å²) < 4.78 is 8.90. The molecule has 1 N–H and O–H groups in total. The van der Waals surface area contributed by atoms with Crippen LogP contribution in [0.4, 0.5) is 0 Å². The van der Waals surface area contributed by atoms with Crippen molar-refractivity contribution >= 4 is 23.3 Å². The summed E-state index contributed by atoms with van der Waals surface area (Å²) in [5.74, 6) is -0.606. The van der Waals surface area contributed by atoms with Crippen molar-refractivity contribution in [2.75, 3.05) is 20.3 Å². The lowest BCUT2D eigenvalue weighted by Crippen LogP contribution is -2.50. The van der Waals surface area contributed by atoms with E-state index in [1.165, 1.54) is 4.90 Å². The third-order valence-corrected chi connectivity index (χ3v) is 4.05. The average Bonchev–Trinajstić information content (AvgIpc) is 3.11. The standard InChI is InChI=1S/C18H24N4O3S/c1-18(2,3)19-16(23)15(13-8-6-5-7-9-13)22(10-11-25-4)17(24)14-12-26-21-20-14/h5-9,12,15H,10-11H2,1-4H3,(H,19,23)/t15-/m0/s1. The van der Waals surface area contributed by atoms with Crippen LogP contribution in [0.1, 0.15) is 42.9 Å². The summed E-state index contributed by atoms with van der Waals surface area (Å²) >= 11 is 1.09. The molecule has 0 saturated heterocycles. The quantitative estimate of drug-likeness (QED) is 0.801. The fraction of sp³-hybridized carbons (Fsp3) is 0.444. The number of hydrogen-bond acceptors (Lipinski definition) is 6. The van der Waals surface area contributed by atoms with Gasteiger partial charge in [0.15, 0.2) is 5.69 Å². The van der Waals surface area contributed by atoms with Crippen LogP contribution in [0.2, 0.25) is 0 Å². The Morgan fingerprint density at radius 1 is 1.27 bits per heavy atom. The minimum absolute atomic E-state index is 0.218. The van der Waals surface area contributed by atoms with Crippen molar-refractivity contribution in [2.24, 2.45) is 0 Å². The number of nitrogens with one attached hydrogen (secondary N) is 1. The number of nitrogens with zero attached hydrogens (tertiary/aromatic N) is 3. The van der Waals surface area contributed by atoms with E-state index in [0.717, 1.165) is 17.1 Å². The van der Waals surface area contributed by atoms with E-state index in [-0.39, 0.29) is 24.1 Å². The van der Waals surface area contributed by atoms with Gasteiger partial charge in [0.05, 0.1) is 6.61 Å². The van der Waals surface area contributed by atoms with Crippen molar-refractivity contribution in [1.82, 2.24) is 19.8 Å². The van der Waals surface area contributed by atoms with Gasteiger partial charge in [-0.25, -0.2) is 0 Å². The van der Waals surface area contributed by atoms with Crippen molar-refractivity contribution in [2.45, 2.75) is 32.4 Å². The predicted molar refractivity (Wildman–Crippen MR) is 99.9 cm³/mol. The van der Waals surface area contributed by atoms with Crippen LogP contribution in [0.15, 0.2) is 35.7 Å².